The lowest BCUT2D eigenvalue weighted by Gasteiger charge is -2.28. The maximum atomic E-state index is 12.5. The van der Waals surface area contributed by atoms with Gasteiger partial charge in [0.2, 0.25) is 15.7 Å². The number of ketones is 1. The molecule has 0 saturated heterocycles. The molecule has 2 aromatic rings. The number of hydrogen-bond donors (Lipinski definition) is 4. The van der Waals surface area contributed by atoms with Crippen molar-refractivity contribution >= 4 is 21.5 Å². The average molecular weight is 412 g/mol. The van der Waals surface area contributed by atoms with E-state index in [0.29, 0.717) is 11.3 Å². The minimum Gasteiger partial charge on any atom is -0.508 e. The molecular formula is C21H20N2O5S. The number of rotatable bonds is 6. The molecule has 0 heterocycles. The van der Waals surface area contributed by atoms with Crippen LogP contribution in [0.4, 0.5) is 5.69 Å². The molecule has 5 N–H and O–H groups in total. The Balaban J connectivity index is 1.73. The zero-order valence-electron chi connectivity index (χ0n) is 15.3. The fourth-order valence-corrected chi connectivity index (χ4v) is 3.91. The van der Waals surface area contributed by atoms with E-state index in [1.54, 1.807) is 30.3 Å². The molecule has 8 heteroatoms. The summed E-state index contributed by atoms with van der Waals surface area (Å²) in [6, 6.07) is 14.1. The van der Waals surface area contributed by atoms with Gasteiger partial charge < -0.3 is 15.9 Å². The quantitative estimate of drug-likeness (QED) is 0.189. The van der Waals surface area contributed by atoms with Crippen LogP contribution in [0.3, 0.4) is 0 Å². The lowest BCUT2D eigenvalue weighted by atomic mass is 9.96. The van der Waals surface area contributed by atoms with Crippen molar-refractivity contribution in [3.63, 3.8) is 0 Å². The topological polar surface area (TPSA) is 130 Å². The first-order valence-corrected chi connectivity index (χ1v) is 10.2. The Morgan fingerprint density at radius 2 is 1.76 bits per heavy atom. The minimum atomic E-state index is -4.13. The summed E-state index contributed by atoms with van der Waals surface area (Å²) in [7, 11) is -4.13. The van der Waals surface area contributed by atoms with Gasteiger partial charge in [0, 0.05) is 17.2 Å². The van der Waals surface area contributed by atoms with Crippen molar-refractivity contribution in [3.8, 4) is 0 Å². The molecule has 0 aliphatic heterocycles. The number of aliphatic hydroxyl groups is 2. The van der Waals surface area contributed by atoms with Crippen LogP contribution in [0.15, 0.2) is 95.6 Å². The third-order valence-corrected chi connectivity index (χ3v) is 5.78. The maximum absolute atomic E-state index is 12.5. The van der Waals surface area contributed by atoms with Gasteiger partial charge in [-0.05, 0) is 42.5 Å². The summed E-state index contributed by atoms with van der Waals surface area (Å²) in [6.07, 6.45) is 6.74. The molecule has 29 heavy (non-hydrogen) atoms. The highest BCUT2D eigenvalue weighted by Crippen LogP contribution is 2.26. The van der Waals surface area contributed by atoms with E-state index < -0.39 is 27.4 Å². The van der Waals surface area contributed by atoms with E-state index in [1.165, 1.54) is 48.6 Å². The number of sulfonamides is 1. The molecule has 2 atom stereocenters. The van der Waals surface area contributed by atoms with Gasteiger partial charge in [-0.25, -0.2) is 8.42 Å². The summed E-state index contributed by atoms with van der Waals surface area (Å²) in [5.74, 6) is -1.30. The van der Waals surface area contributed by atoms with Crippen LogP contribution in [0.1, 0.15) is 10.4 Å². The van der Waals surface area contributed by atoms with Crippen LogP contribution in [0.5, 0.6) is 0 Å². The second-order valence-corrected chi connectivity index (χ2v) is 8.20. The lowest BCUT2D eigenvalue weighted by Crippen LogP contribution is -2.49. The number of aliphatic hydroxyl groups excluding tert-OH is 1. The summed E-state index contributed by atoms with van der Waals surface area (Å²) in [4.78, 5) is 12.0. The Morgan fingerprint density at radius 1 is 1.10 bits per heavy atom. The lowest BCUT2D eigenvalue weighted by molar-refractivity contribution is 0.0667. The van der Waals surface area contributed by atoms with Crippen molar-refractivity contribution in [1.82, 2.24) is 4.72 Å². The molecule has 7 nitrogen and oxygen atoms in total. The number of benzene rings is 2. The van der Waals surface area contributed by atoms with Gasteiger partial charge in [0.1, 0.15) is 5.76 Å². The van der Waals surface area contributed by atoms with Crippen molar-refractivity contribution in [3.05, 3.63) is 96.3 Å². The van der Waals surface area contributed by atoms with Crippen LogP contribution in [-0.4, -0.2) is 30.1 Å². The molecule has 0 amide bonds. The van der Waals surface area contributed by atoms with E-state index in [2.05, 4.69) is 4.72 Å². The molecular weight excluding hydrogens is 392 g/mol. The van der Waals surface area contributed by atoms with Gasteiger partial charge in [0.05, 0.1) is 4.90 Å². The highest BCUT2D eigenvalue weighted by atomic mass is 32.2. The van der Waals surface area contributed by atoms with Crippen molar-refractivity contribution in [1.29, 1.82) is 0 Å². The second-order valence-electron chi connectivity index (χ2n) is 6.52. The Hall–Kier alpha value is -3.20. The monoisotopic (exact) mass is 412 g/mol. The number of hydrogen-bond acceptors (Lipinski definition) is 6. The Kier molecular flexibility index (Phi) is 5.69. The van der Waals surface area contributed by atoms with Crippen LogP contribution < -0.4 is 10.5 Å². The van der Waals surface area contributed by atoms with Crippen LogP contribution in [0.2, 0.25) is 0 Å². The van der Waals surface area contributed by atoms with Crippen LogP contribution in [0.25, 0.3) is 0 Å². The number of anilines is 1. The van der Waals surface area contributed by atoms with E-state index in [-0.39, 0.29) is 10.7 Å². The van der Waals surface area contributed by atoms with Crippen LogP contribution in [0, 0.1) is 5.92 Å². The summed E-state index contributed by atoms with van der Waals surface area (Å²) < 4.78 is 27.0. The Morgan fingerprint density at radius 3 is 2.38 bits per heavy atom. The summed E-state index contributed by atoms with van der Waals surface area (Å²) in [5, 5.41) is 20.8. The van der Waals surface area contributed by atoms with Gasteiger partial charge in [-0.1, -0.05) is 42.5 Å². The predicted octanol–water partition coefficient (Wildman–Crippen LogP) is 2.30. The number of nitrogen functional groups attached to an aromatic ring is 1. The van der Waals surface area contributed by atoms with E-state index >= 15 is 0 Å². The first kappa shape index (κ1) is 20.5. The number of carbonyl (C=O) groups excluding carboxylic acids is 1. The molecule has 1 aliphatic carbocycles. The fraction of sp³-hybridized carbons (Fsp3) is 0.0952. The molecule has 0 fully saturated rings. The van der Waals surface area contributed by atoms with Gasteiger partial charge in [-0.15, -0.1) is 0 Å². The Bertz CT molecular complexity index is 1090. The number of allylic oxidation sites excluding steroid dienone is 4. The molecule has 0 aromatic heterocycles. The second kappa shape index (κ2) is 8.04. The Labute approximate surface area is 168 Å². The van der Waals surface area contributed by atoms with Gasteiger partial charge >= 0.3 is 0 Å². The summed E-state index contributed by atoms with van der Waals surface area (Å²) >= 11 is 0. The number of nitrogens with two attached hydrogens (primary N) is 1. The van der Waals surface area contributed by atoms with E-state index in [0.717, 1.165) is 6.08 Å². The molecule has 0 radical (unpaired) electrons. The molecule has 0 saturated carbocycles. The van der Waals surface area contributed by atoms with E-state index in [1.807, 2.05) is 0 Å². The third kappa shape index (κ3) is 4.80. The van der Waals surface area contributed by atoms with Gasteiger partial charge in [-0.3, -0.25) is 4.79 Å². The zero-order valence-corrected chi connectivity index (χ0v) is 16.1. The molecule has 2 aromatic carbocycles. The molecule has 1 aliphatic rings. The van der Waals surface area contributed by atoms with E-state index in [9.17, 15) is 23.4 Å². The van der Waals surface area contributed by atoms with Crippen molar-refractivity contribution in [2.45, 2.75) is 10.6 Å². The normalized spacial score (nSPS) is 21.8. The standard InChI is InChI=1S/C21H20N2O5S/c22-17-7-9-18(10-8-17)29(27,28)23-21(26)13-12-15(14-20(21)25)6-11-19(24)16-4-2-1-3-5-16/h1-15,23,25-26H,22H2/b11-6+. The highest BCUT2D eigenvalue weighted by Gasteiger charge is 2.37. The fourth-order valence-electron chi connectivity index (χ4n) is 2.71. The van der Waals surface area contributed by atoms with Crippen LogP contribution in [-0.2, 0) is 10.0 Å². The van der Waals surface area contributed by atoms with Gasteiger partial charge in [0.25, 0.3) is 0 Å². The average Bonchev–Trinajstić information content (AvgIpc) is 2.69. The number of nitrogens with one attached hydrogen (secondary N) is 1. The smallest absolute Gasteiger partial charge is 0.243 e. The first-order chi connectivity index (χ1) is 13.7. The van der Waals surface area contributed by atoms with Crippen LogP contribution >= 0.6 is 0 Å². The molecule has 0 bridgehead atoms. The highest BCUT2D eigenvalue weighted by molar-refractivity contribution is 7.89. The first-order valence-electron chi connectivity index (χ1n) is 8.70. The van der Waals surface area contributed by atoms with E-state index in [4.69, 9.17) is 5.73 Å². The number of carbonyl (C=O) groups is 1. The SMILES string of the molecule is Nc1ccc(S(=O)(=O)NC2(O)C=CC(/C=C/C(=O)c3ccccc3)C=C2O)cc1. The summed E-state index contributed by atoms with van der Waals surface area (Å²) in [5.41, 5.74) is 4.16. The maximum Gasteiger partial charge on any atom is 0.243 e. The van der Waals surface area contributed by atoms with Crippen molar-refractivity contribution in [2.75, 3.05) is 5.73 Å². The molecule has 150 valence electrons. The molecule has 3 rings (SSSR count). The molecule has 2 unspecified atom stereocenters. The van der Waals surface area contributed by atoms with Crippen molar-refractivity contribution < 1.29 is 23.4 Å². The van der Waals surface area contributed by atoms with Gasteiger partial charge in [-0.2, -0.15) is 4.72 Å². The van der Waals surface area contributed by atoms with Crippen molar-refractivity contribution in [2.24, 2.45) is 5.92 Å². The minimum absolute atomic E-state index is 0.114. The zero-order chi connectivity index (χ0) is 21.1. The van der Waals surface area contributed by atoms with Gasteiger partial charge in [0.15, 0.2) is 5.78 Å². The summed E-state index contributed by atoms with van der Waals surface area (Å²) in [6.45, 7) is 0. The predicted molar refractivity (Wildman–Crippen MR) is 109 cm³/mol. The third-order valence-electron chi connectivity index (χ3n) is 4.31. The molecule has 0 spiro atoms. The largest absolute Gasteiger partial charge is 0.508 e.